The zero-order chi connectivity index (χ0) is 18.5. The van der Waals surface area contributed by atoms with Gasteiger partial charge in [0.15, 0.2) is 5.13 Å². The minimum Gasteiger partial charge on any atom is -0.302 e. The van der Waals surface area contributed by atoms with Gasteiger partial charge in [0.1, 0.15) is 0 Å². The third kappa shape index (κ3) is 4.47. The lowest BCUT2D eigenvalue weighted by atomic mass is 10.0. The maximum absolute atomic E-state index is 11.9. The molecule has 26 heavy (non-hydrogen) atoms. The van der Waals surface area contributed by atoms with Gasteiger partial charge in [0, 0.05) is 17.9 Å². The van der Waals surface area contributed by atoms with Crippen molar-refractivity contribution in [2.45, 2.75) is 32.6 Å². The Labute approximate surface area is 158 Å². The third-order valence-electron chi connectivity index (χ3n) is 4.36. The molecule has 4 nitrogen and oxygen atoms in total. The Morgan fingerprint density at radius 1 is 1.54 bits per heavy atom. The Morgan fingerprint density at radius 3 is 3.04 bits per heavy atom. The van der Waals surface area contributed by atoms with Crippen LogP contribution in [0.2, 0.25) is 0 Å². The maximum atomic E-state index is 11.9. The monoisotopic (exact) mass is 363 g/mol. The second-order valence-electron chi connectivity index (χ2n) is 6.44. The SMILES string of the molecule is C=Cc1nc(NC(=O)C2CC2)sc1C=CCC1=C(C)C=CCC(C#N)=C1. The van der Waals surface area contributed by atoms with Crippen molar-refractivity contribution >= 4 is 34.5 Å². The lowest BCUT2D eigenvalue weighted by molar-refractivity contribution is -0.117. The van der Waals surface area contributed by atoms with Gasteiger partial charge in [0.2, 0.25) is 5.91 Å². The highest BCUT2D eigenvalue weighted by Gasteiger charge is 2.30. The summed E-state index contributed by atoms with van der Waals surface area (Å²) in [5.41, 5.74) is 3.86. The van der Waals surface area contributed by atoms with Gasteiger partial charge in [-0.1, -0.05) is 36.1 Å². The van der Waals surface area contributed by atoms with Gasteiger partial charge >= 0.3 is 0 Å². The summed E-state index contributed by atoms with van der Waals surface area (Å²) in [6.07, 6.45) is 15.2. The van der Waals surface area contributed by atoms with Crippen LogP contribution < -0.4 is 5.32 Å². The first-order valence-electron chi connectivity index (χ1n) is 8.68. The van der Waals surface area contributed by atoms with Crippen molar-refractivity contribution in [3.05, 3.63) is 58.2 Å². The molecule has 0 radical (unpaired) electrons. The third-order valence-corrected chi connectivity index (χ3v) is 5.32. The number of amides is 1. The van der Waals surface area contributed by atoms with E-state index in [-0.39, 0.29) is 11.8 Å². The van der Waals surface area contributed by atoms with Crippen molar-refractivity contribution in [3.8, 4) is 6.07 Å². The molecule has 1 aromatic heterocycles. The average Bonchev–Trinajstić information content (AvgIpc) is 3.43. The van der Waals surface area contributed by atoms with E-state index in [1.165, 1.54) is 16.9 Å². The van der Waals surface area contributed by atoms with Crippen LogP contribution in [-0.4, -0.2) is 10.9 Å². The quantitative estimate of drug-likeness (QED) is 0.749. The van der Waals surface area contributed by atoms with Crippen LogP contribution in [0.1, 0.15) is 43.2 Å². The molecule has 1 aromatic rings. The van der Waals surface area contributed by atoms with Crippen LogP contribution in [0.4, 0.5) is 5.13 Å². The Kier molecular flexibility index (Phi) is 5.65. The molecule has 0 aliphatic heterocycles. The number of hydrogen-bond donors (Lipinski definition) is 1. The Balaban J connectivity index is 1.72. The summed E-state index contributed by atoms with van der Waals surface area (Å²) in [6.45, 7) is 5.87. The number of anilines is 1. The van der Waals surface area contributed by atoms with Gasteiger partial charge in [-0.2, -0.15) is 5.26 Å². The topological polar surface area (TPSA) is 65.8 Å². The normalized spacial score (nSPS) is 17.0. The molecule has 0 unspecified atom stereocenters. The number of carbonyl (C=O) groups is 1. The molecule has 0 atom stereocenters. The van der Waals surface area contributed by atoms with Crippen molar-refractivity contribution in [3.63, 3.8) is 0 Å². The molecule has 0 aromatic carbocycles. The van der Waals surface area contributed by atoms with Crippen molar-refractivity contribution in [1.82, 2.24) is 4.98 Å². The van der Waals surface area contributed by atoms with E-state index >= 15 is 0 Å². The van der Waals surface area contributed by atoms with Gasteiger partial charge in [-0.05, 0) is 55.6 Å². The largest absolute Gasteiger partial charge is 0.302 e. The number of nitriles is 1. The van der Waals surface area contributed by atoms with E-state index in [1.807, 2.05) is 18.2 Å². The molecule has 1 saturated carbocycles. The van der Waals surface area contributed by atoms with E-state index in [4.69, 9.17) is 5.26 Å². The van der Waals surface area contributed by atoms with Crippen molar-refractivity contribution in [1.29, 1.82) is 5.26 Å². The van der Waals surface area contributed by atoms with E-state index in [2.05, 4.69) is 42.0 Å². The van der Waals surface area contributed by atoms with Crippen LogP contribution >= 0.6 is 11.3 Å². The molecule has 1 heterocycles. The fraction of sp³-hybridized carbons (Fsp3) is 0.286. The summed E-state index contributed by atoms with van der Waals surface area (Å²) in [6, 6.07) is 2.25. The zero-order valence-corrected chi connectivity index (χ0v) is 15.6. The predicted octanol–water partition coefficient (Wildman–Crippen LogP) is 5.26. The Morgan fingerprint density at radius 2 is 2.35 bits per heavy atom. The number of thiazole rings is 1. The fourth-order valence-electron chi connectivity index (χ4n) is 2.66. The van der Waals surface area contributed by atoms with Crippen LogP contribution in [0.25, 0.3) is 12.2 Å². The number of aromatic nitrogens is 1. The van der Waals surface area contributed by atoms with Crippen LogP contribution in [0.5, 0.6) is 0 Å². The van der Waals surface area contributed by atoms with E-state index in [9.17, 15) is 4.79 Å². The van der Waals surface area contributed by atoms with Crippen LogP contribution in [-0.2, 0) is 4.79 Å². The molecule has 0 bridgehead atoms. The number of nitrogens with zero attached hydrogens (tertiary/aromatic N) is 2. The summed E-state index contributed by atoms with van der Waals surface area (Å²) in [5, 5.41) is 12.7. The molecular formula is C21H21N3OS. The second-order valence-corrected chi connectivity index (χ2v) is 7.47. The van der Waals surface area contributed by atoms with Gasteiger partial charge in [0.05, 0.1) is 16.6 Å². The molecule has 0 spiro atoms. The molecule has 2 aliphatic rings. The molecule has 1 amide bonds. The zero-order valence-electron chi connectivity index (χ0n) is 14.8. The van der Waals surface area contributed by atoms with Crippen molar-refractivity contribution in [2.75, 3.05) is 5.32 Å². The van der Waals surface area contributed by atoms with Crippen LogP contribution in [0, 0.1) is 17.2 Å². The lowest BCUT2D eigenvalue weighted by Gasteiger charge is -2.01. The number of nitrogens with one attached hydrogen (secondary N) is 1. The molecule has 2 aliphatic carbocycles. The van der Waals surface area contributed by atoms with E-state index in [0.29, 0.717) is 11.6 Å². The first-order chi connectivity index (χ1) is 12.6. The Bertz CT molecular complexity index is 889. The van der Waals surface area contributed by atoms with E-state index in [1.54, 1.807) is 6.08 Å². The molecule has 0 saturated heterocycles. The van der Waals surface area contributed by atoms with Crippen LogP contribution in [0.3, 0.4) is 0 Å². The van der Waals surface area contributed by atoms with Gasteiger partial charge < -0.3 is 5.32 Å². The first-order valence-corrected chi connectivity index (χ1v) is 9.50. The number of hydrogen-bond acceptors (Lipinski definition) is 4. The highest BCUT2D eigenvalue weighted by molar-refractivity contribution is 7.16. The first kappa shape index (κ1) is 18.1. The summed E-state index contributed by atoms with van der Waals surface area (Å²) in [4.78, 5) is 17.3. The highest BCUT2D eigenvalue weighted by atomic mass is 32.1. The van der Waals surface area contributed by atoms with Gasteiger partial charge in [-0.15, -0.1) is 0 Å². The number of allylic oxidation sites excluding steroid dienone is 7. The molecule has 3 rings (SSSR count). The van der Waals surface area contributed by atoms with E-state index in [0.717, 1.165) is 41.0 Å². The summed E-state index contributed by atoms with van der Waals surface area (Å²) in [5.74, 6) is 0.217. The average molecular weight is 363 g/mol. The molecule has 1 N–H and O–H groups in total. The standard InChI is InChI=1S/C21H21N3OS/c1-3-18-19(26-21(23-18)24-20(25)16-10-11-16)9-5-8-17-12-15(13-22)7-4-6-14(17)2/h3-6,9,12,16H,1,7-8,10-11H2,2H3,(H,23,24,25). The number of rotatable bonds is 6. The minimum atomic E-state index is 0.0603. The highest BCUT2D eigenvalue weighted by Crippen LogP contribution is 2.32. The predicted molar refractivity (Wildman–Crippen MR) is 107 cm³/mol. The summed E-state index contributed by atoms with van der Waals surface area (Å²) in [7, 11) is 0. The summed E-state index contributed by atoms with van der Waals surface area (Å²) >= 11 is 1.46. The second kappa shape index (κ2) is 8.11. The molecular weight excluding hydrogens is 342 g/mol. The van der Waals surface area contributed by atoms with Crippen molar-refractivity contribution in [2.24, 2.45) is 5.92 Å². The van der Waals surface area contributed by atoms with Gasteiger partial charge in [-0.3, -0.25) is 4.79 Å². The lowest BCUT2D eigenvalue weighted by Crippen LogP contribution is -2.12. The minimum absolute atomic E-state index is 0.0603. The molecule has 132 valence electrons. The molecule has 5 heteroatoms. The molecule has 1 fully saturated rings. The van der Waals surface area contributed by atoms with Gasteiger partial charge in [0.25, 0.3) is 0 Å². The van der Waals surface area contributed by atoms with Gasteiger partial charge in [-0.25, -0.2) is 4.98 Å². The smallest absolute Gasteiger partial charge is 0.229 e. The summed E-state index contributed by atoms with van der Waals surface area (Å²) < 4.78 is 0. The van der Waals surface area contributed by atoms with Crippen molar-refractivity contribution < 1.29 is 4.79 Å². The number of carbonyl (C=O) groups excluding carboxylic acids is 1. The van der Waals surface area contributed by atoms with E-state index < -0.39 is 0 Å². The van der Waals surface area contributed by atoms with Crippen LogP contribution in [0.15, 0.2) is 47.6 Å². The maximum Gasteiger partial charge on any atom is 0.229 e. The fourth-order valence-corrected chi connectivity index (χ4v) is 3.56. The Hall–Kier alpha value is -2.71.